The molecule has 4 rings (SSSR count). The van der Waals surface area contributed by atoms with E-state index in [0.717, 1.165) is 49.7 Å². The molecular formula is C23H27ClN4O3. The molecule has 1 fully saturated rings. The summed E-state index contributed by atoms with van der Waals surface area (Å²) in [6.45, 7) is 8.04. The second-order valence-corrected chi connectivity index (χ2v) is 8.32. The standard InChI is InChI=1S/C23H27ClN4O3/c1-3-31-22(29)23(2,9-11-27-12-14-30-15-13-27)20-8-10-25-21-19(16-26-28(20)21)17-4-6-18(24)7-5-17/h4-8,10,16H,3,9,11-15H2,1-2H3. The lowest BCUT2D eigenvalue weighted by atomic mass is 9.82. The van der Waals surface area contributed by atoms with Crippen molar-refractivity contribution in [2.75, 3.05) is 39.5 Å². The van der Waals surface area contributed by atoms with E-state index in [2.05, 4.69) is 15.0 Å². The zero-order valence-electron chi connectivity index (χ0n) is 17.9. The van der Waals surface area contributed by atoms with E-state index in [4.69, 9.17) is 21.1 Å². The maximum atomic E-state index is 13.2. The zero-order valence-corrected chi connectivity index (χ0v) is 18.6. The van der Waals surface area contributed by atoms with Gasteiger partial charge in [-0.15, -0.1) is 0 Å². The molecular weight excluding hydrogens is 416 g/mol. The van der Waals surface area contributed by atoms with Gasteiger partial charge in [-0.3, -0.25) is 9.69 Å². The number of carbonyl (C=O) groups excluding carboxylic acids is 1. The summed E-state index contributed by atoms with van der Waals surface area (Å²) in [6.07, 6.45) is 4.13. The predicted molar refractivity (Wildman–Crippen MR) is 119 cm³/mol. The first-order chi connectivity index (χ1) is 15.0. The molecule has 0 bridgehead atoms. The van der Waals surface area contributed by atoms with Crippen molar-refractivity contribution in [1.29, 1.82) is 0 Å². The molecule has 8 heteroatoms. The average molecular weight is 443 g/mol. The molecule has 0 amide bonds. The highest BCUT2D eigenvalue weighted by molar-refractivity contribution is 6.30. The number of fused-ring (bicyclic) bond motifs is 1. The van der Waals surface area contributed by atoms with Gasteiger partial charge in [-0.2, -0.15) is 5.10 Å². The quantitative estimate of drug-likeness (QED) is 0.521. The molecule has 3 heterocycles. The van der Waals surface area contributed by atoms with E-state index in [-0.39, 0.29) is 5.97 Å². The second kappa shape index (κ2) is 9.34. The van der Waals surface area contributed by atoms with Gasteiger partial charge in [-0.1, -0.05) is 23.7 Å². The molecule has 31 heavy (non-hydrogen) atoms. The van der Waals surface area contributed by atoms with Gasteiger partial charge in [-0.05, 0) is 50.6 Å². The predicted octanol–water partition coefficient (Wildman–Crippen LogP) is 3.59. The van der Waals surface area contributed by atoms with Crippen LogP contribution in [0.1, 0.15) is 26.0 Å². The fourth-order valence-electron chi connectivity index (χ4n) is 3.97. The Morgan fingerprint density at radius 2 is 1.97 bits per heavy atom. The third kappa shape index (κ3) is 4.44. The Morgan fingerprint density at radius 1 is 1.23 bits per heavy atom. The normalized spacial score (nSPS) is 16.9. The first-order valence-electron chi connectivity index (χ1n) is 10.6. The number of nitrogens with zero attached hydrogens (tertiary/aromatic N) is 4. The van der Waals surface area contributed by atoms with Gasteiger partial charge in [0.05, 0.1) is 31.7 Å². The van der Waals surface area contributed by atoms with Crippen molar-refractivity contribution in [3.8, 4) is 11.1 Å². The number of esters is 1. The third-order valence-electron chi connectivity index (χ3n) is 5.88. The SMILES string of the molecule is CCOC(=O)C(C)(CCN1CCOCC1)c1ccnc2c(-c3ccc(Cl)cc3)cnn12. The number of halogens is 1. The molecule has 7 nitrogen and oxygen atoms in total. The van der Waals surface area contributed by atoms with Crippen LogP contribution in [0.3, 0.4) is 0 Å². The van der Waals surface area contributed by atoms with Crippen molar-refractivity contribution < 1.29 is 14.3 Å². The molecule has 0 aliphatic carbocycles. The van der Waals surface area contributed by atoms with E-state index < -0.39 is 5.41 Å². The van der Waals surface area contributed by atoms with Crippen LogP contribution in [0.5, 0.6) is 0 Å². The molecule has 0 N–H and O–H groups in total. The van der Waals surface area contributed by atoms with Gasteiger partial charge in [0.25, 0.3) is 0 Å². The Hall–Kier alpha value is -2.48. The lowest BCUT2D eigenvalue weighted by Gasteiger charge is -2.32. The first kappa shape index (κ1) is 21.7. The minimum atomic E-state index is -0.862. The van der Waals surface area contributed by atoms with Crippen LogP contribution in [0.15, 0.2) is 42.7 Å². The van der Waals surface area contributed by atoms with Crippen LogP contribution in [-0.4, -0.2) is 64.9 Å². The van der Waals surface area contributed by atoms with E-state index in [1.807, 2.05) is 44.2 Å². The van der Waals surface area contributed by atoms with Gasteiger partial charge < -0.3 is 9.47 Å². The monoisotopic (exact) mass is 442 g/mol. The van der Waals surface area contributed by atoms with Gasteiger partial charge >= 0.3 is 5.97 Å². The Bertz CT molecular complexity index is 1050. The van der Waals surface area contributed by atoms with Crippen LogP contribution in [0.4, 0.5) is 0 Å². The smallest absolute Gasteiger partial charge is 0.317 e. The topological polar surface area (TPSA) is 69.0 Å². The molecule has 2 aromatic heterocycles. The Balaban J connectivity index is 1.72. The van der Waals surface area contributed by atoms with Crippen LogP contribution in [0.25, 0.3) is 16.8 Å². The molecule has 0 spiro atoms. The van der Waals surface area contributed by atoms with Crippen molar-refractivity contribution in [2.45, 2.75) is 25.7 Å². The summed E-state index contributed by atoms with van der Waals surface area (Å²) >= 11 is 6.04. The number of carbonyl (C=O) groups is 1. The van der Waals surface area contributed by atoms with Crippen LogP contribution < -0.4 is 0 Å². The number of morpholine rings is 1. The zero-order chi connectivity index (χ0) is 21.8. The number of aromatic nitrogens is 3. The minimum Gasteiger partial charge on any atom is -0.465 e. The Morgan fingerprint density at radius 3 is 2.68 bits per heavy atom. The lowest BCUT2D eigenvalue weighted by Crippen LogP contribution is -2.43. The molecule has 0 radical (unpaired) electrons. The van der Waals surface area contributed by atoms with Crippen LogP contribution in [0.2, 0.25) is 5.02 Å². The van der Waals surface area contributed by atoms with E-state index in [1.165, 1.54) is 0 Å². The highest BCUT2D eigenvalue weighted by Crippen LogP contribution is 2.32. The molecule has 1 aromatic carbocycles. The highest BCUT2D eigenvalue weighted by atomic mass is 35.5. The molecule has 1 aliphatic heterocycles. The fraction of sp³-hybridized carbons (Fsp3) is 0.435. The summed E-state index contributed by atoms with van der Waals surface area (Å²) in [6, 6.07) is 9.43. The van der Waals surface area contributed by atoms with E-state index in [9.17, 15) is 4.79 Å². The summed E-state index contributed by atoms with van der Waals surface area (Å²) in [5.41, 5.74) is 2.46. The number of hydrogen-bond donors (Lipinski definition) is 0. The van der Waals surface area contributed by atoms with E-state index in [1.54, 1.807) is 16.9 Å². The molecule has 0 saturated carbocycles. The summed E-state index contributed by atoms with van der Waals surface area (Å²) < 4.78 is 12.7. The number of rotatable bonds is 7. The van der Waals surface area contributed by atoms with Crippen molar-refractivity contribution in [2.24, 2.45) is 0 Å². The largest absolute Gasteiger partial charge is 0.465 e. The average Bonchev–Trinajstić information content (AvgIpc) is 3.23. The van der Waals surface area contributed by atoms with Crippen LogP contribution in [-0.2, 0) is 19.7 Å². The number of benzene rings is 1. The van der Waals surface area contributed by atoms with Crippen molar-refractivity contribution >= 4 is 23.2 Å². The molecule has 3 aromatic rings. The molecule has 1 unspecified atom stereocenters. The Labute approximate surface area is 186 Å². The third-order valence-corrected chi connectivity index (χ3v) is 6.13. The van der Waals surface area contributed by atoms with Crippen molar-refractivity contribution in [1.82, 2.24) is 19.5 Å². The summed E-state index contributed by atoms with van der Waals surface area (Å²) in [5.74, 6) is -0.251. The van der Waals surface area contributed by atoms with Crippen LogP contribution in [0, 0.1) is 0 Å². The van der Waals surface area contributed by atoms with Gasteiger partial charge in [0.1, 0.15) is 5.41 Å². The van der Waals surface area contributed by atoms with Crippen LogP contribution >= 0.6 is 11.6 Å². The number of ether oxygens (including phenoxy) is 2. The van der Waals surface area contributed by atoms with E-state index >= 15 is 0 Å². The number of hydrogen-bond acceptors (Lipinski definition) is 6. The second-order valence-electron chi connectivity index (χ2n) is 7.89. The summed E-state index contributed by atoms with van der Waals surface area (Å²) in [7, 11) is 0. The van der Waals surface area contributed by atoms with Gasteiger partial charge in [0, 0.05) is 29.9 Å². The lowest BCUT2D eigenvalue weighted by molar-refractivity contribution is -0.150. The van der Waals surface area contributed by atoms with Crippen molar-refractivity contribution in [3.05, 3.63) is 53.4 Å². The summed E-state index contributed by atoms with van der Waals surface area (Å²) in [4.78, 5) is 20.0. The van der Waals surface area contributed by atoms with Gasteiger partial charge in [-0.25, -0.2) is 9.50 Å². The molecule has 1 aliphatic rings. The van der Waals surface area contributed by atoms with Gasteiger partial charge in [0.2, 0.25) is 0 Å². The Kier molecular flexibility index (Phi) is 6.55. The van der Waals surface area contributed by atoms with E-state index in [0.29, 0.717) is 23.7 Å². The van der Waals surface area contributed by atoms with Crippen molar-refractivity contribution in [3.63, 3.8) is 0 Å². The maximum Gasteiger partial charge on any atom is 0.317 e. The fourth-order valence-corrected chi connectivity index (χ4v) is 4.10. The molecule has 1 atom stereocenters. The first-order valence-corrected chi connectivity index (χ1v) is 11.0. The molecule has 1 saturated heterocycles. The minimum absolute atomic E-state index is 0.251. The summed E-state index contributed by atoms with van der Waals surface area (Å²) in [5, 5.41) is 5.27. The van der Waals surface area contributed by atoms with Gasteiger partial charge in [0.15, 0.2) is 5.65 Å². The highest BCUT2D eigenvalue weighted by Gasteiger charge is 2.39. The maximum absolute atomic E-state index is 13.2. The molecule has 164 valence electrons.